The number of nitrogens with one attached hydrogen (secondary N) is 1. The van der Waals surface area contributed by atoms with Gasteiger partial charge in [-0.3, -0.25) is 4.79 Å². The molecule has 0 radical (unpaired) electrons. The maximum Gasteiger partial charge on any atom is 0.331 e. The molecule has 1 heterocycles. The molecule has 7 atom stereocenters. The average molecular weight is 482 g/mol. The van der Waals surface area contributed by atoms with Gasteiger partial charge in [0.15, 0.2) is 0 Å². The number of amides is 1. The van der Waals surface area contributed by atoms with Crippen molar-refractivity contribution in [2.75, 3.05) is 0 Å². The van der Waals surface area contributed by atoms with Crippen molar-refractivity contribution in [3.63, 3.8) is 0 Å². The van der Waals surface area contributed by atoms with E-state index >= 15 is 0 Å². The van der Waals surface area contributed by atoms with Crippen LogP contribution in [0.3, 0.4) is 0 Å². The molecule has 2 aliphatic rings. The van der Waals surface area contributed by atoms with Gasteiger partial charge in [-0.25, -0.2) is 4.79 Å². The molecule has 0 aromatic carbocycles. The molecule has 5 nitrogen and oxygen atoms in total. The van der Waals surface area contributed by atoms with Gasteiger partial charge in [0.2, 0.25) is 5.91 Å². The molecule has 1 aliphatic carbocycles. The van der Waals surface area contributed by atoms with Crippen LogP contribution in [0.5, 0.6) is 0 Å². The lowest BCUT2D eigenvalue weighted by Gasteiger charge is -2.35. The van der Waals surface area contributed by atoms with Crippen LogP contribution < -0.4 is 5.32 Å². The van der Waals surface area contributed by atoms with E-state index in [4.69, 9.17) is 4.74 Å². The number of cyclic esters (lactones) is 1. The van der Waals surface area contributed by atoms with Crippen molar-refractivity contribution in [2.24, 2.45) is 23.2 Å². The smallest absolute Gasteiger partial charge is 0.331 e. The number of aliphatic hydroxyl groups is 1. The Morgan fingerprint density at radius 1 is 1.17 bits per heavy atom. The Bertz CT molecular complexity index is 938. The lowest BCUT2D eigenvalue weighted by atomic mass is 9.69. The summed E-state index contributed by atoms with van der Waals surface area (Å²) in [5, 5.41) is 13.6. The Morgan fingerprint density at radius 3 is 2.57 bits per heavy atom. The molecule has 2 N–H and O–H groups in total. The lowest BCUT2D eigenvalue weighted by Crippen LogP contribution is -2.48. The van der Waals surface area contributed by atoms with Gasteiger partial charge in [-0.05, 0) is 39.0 Å². The van der Waals surface area contributed by atoms with Crippen LogP contribution in [-0.2, 0) is 14.3 Å². The highest BCUT2D eigenvalue weighted by Crippen LogP contribution is 2.40. The number of esters is 1. The van der Waals surface area contributed by atoms with E-state index in [1.54, 1.807) is 13.0 Å². The molecule has 0 aromatic rings. The summed E-state index contributed by atoms with van der Waals surface area (Å²) in [6, 6.07) is -0.469. The van der Waals surface area contributed by atoms with Gasteiger partial charge in [0.1, 0.15) is 6.10 Å². The van der Waals surface area contributed by atoms with Crippen LogP contribution in [0.2, 0.25) is 0 Å². The summed E-state index contributed by atoms with van der Waals surface area (Å²) >= 11 is 0. The van der Waals surface area contributed by atoms with E-state index in [1.165, 1.54) is 13.0 Å². The molecule has 0 spiro atoms. The van der Waals surface area contributed by atoms with E-state index in [-0.39, 0.29) is 23.2 Å². The molecule has 2 rings (SSSR count). The molecule has 0 unspecified atom stereocenters. The topological polar surface area (TPSA) is 75.6 Å². The van der Waals surface area contributed by atoms with Crippen LogP contribution in [0.15, 0.2) is 71.9 Å². The number of hydrogen-bond acceptors (Lipinski definition) is 4. The minimum Gasteiger partial charge on any atom is -0.458 e. The fraction of sp³-hybridized carbons (Fsp3) is 0.533. The molecular weight excluding hydrogens is 438 g/mol. The second-order valence-electron chi connectivity index (χ2n) is 10.5. The van der Waals surface area contributed by atoms with Crippen LogP contribution in [0, 0.1) is 23.2 Å². The van der Waals surface area contributed by atoms with Gasteiger partial charge >= 0.3 is 5.97 Å². The van der Waals surface area contributed by atoms with Crippen LogP contribution in [0.4, 0.5) is 0 Å². The van der Waals surface area contributed by atoms with Crippen LogP contribution in [0.25, 0.3) is 0 Å². The van der Waals surface area contributed by atoms with Crippen molar-refractivity contribution in [1.29, 1.82) is 0 Å². The van der Waals surface area contributed by atoms with E-state index < -0.39 is 30.1 Å². The highest BCUT2D eigenvalue weighted by atomic mass is 16.5. The number of hydrogen-bond donors (Lipinski definition) is 2. The zero-order valence-electron chi connectivity index (χ0n) is 22.3. The zero-order chi connectivity index (χ0) is 26.2. The number of fused-ring (bicyclic) bond motifs is 1. The van der Waals surface area contributed by atoms with Gasteiger partial charge in [-0.1, -0.05) is 86.6 Å². The standard InChI is InChI=1S/C30H43NO4/c1-20-11-10-13-27(33)35-29(23(4)28(34)24(5)31-25(6)32)22(3)15-14-21(2)19-26-12-8-9-17-30(26,7)18-16-20/h8,10-16,18-19,22-24,26,28-29,34H,9,17H2,1-7H3,(H,31,32)/b13-10?,15-14+,18-16+,20-11+,21-19+/t22-,23-,24-,26-,28+,29-,30+/m1/s1. The average Bonchev–Trinajstić information content (AvgIpc) is 2.79. The Kier molecular flexibility index (Phi) is 10.5. The first kappa shape index (κ1) is 28.6. The van der Waals surface area contributed by atoms with E-state index in [9.17, 15) is 14.7 Å². The molecule has 5 heteroatoms. The fourth-order valence-corrected chi connectivity index (χ4v) is 4.79. The summed E-state index contributed by atoms with van der Waals surface area (Å²) in [5.74, 6) is -0.935. The molecule has 35 heavy (non-hydrogen) atoms. The first-order valence-electron chi connectivity index (χ1n) is 12.7. The number of allylic oxidation sites excluding steroid dienone is 10. The summed E-state index contributed by atoms with van der Waals surface area (Å²) in [7, 11) is 0. The molecule has 0 bridgehead atoms. The van der Waals surface area contributed by atoms with E-state index in [2.05, 4.69) is 55.6 Å². The van der Waals surface area contributed by atoms with Crippen molar-refractivity contribution in [1.82, 2.24) is 5.32 Å². The van der Waals surface area contributed by atoms with Crippen molar-refractivity contribution in [3.8, 4) is 0 Å². The number of carbonyl (C=O) groups excluding carboxylic acids is 2. The molecule has 0 saturated heterocycles. The summed E-state index contributed by atoms with van der Waals surface area (Å²) in [6.07, 6.45) is 21.1. The maximum absolute atomic E-state index is 12.7. The molecule has 1 amide bonds. The zero-order valence-corrected chi connectivity index (χ0v) is 22.3. The molecule has 0 aromatic heterocycles. The fourth-order valence-electron chi connectivity index (χ4n) is 4.79. The summed E-state index contributed by atoms with van der Waals surface area (Å²) in [6.45, 7) is 13.4. The number of aliphatic hydroxyl groups excluding tert-OH is 1. The minimum atomic E-state index is -0.876. The van der Waals surface area contributed by atoms with Crippen LogP contribution in [0.1, 0.15) is 61.3 Å². The molecular formula is C30H43NO4. The van der Waals surface area contributed by atoms with E-state index in [0.717, 1.165) is 24.0 Å². The van der Waals surface area contributed by atoms with E-state index in [0.29, 0.717) is 0 Å². The summed E-state index contributed by atoms with van der Waals surface area (Å²) in [4.78, 5) is 24.1. The third kappa shape index (κ3) is 8.50. The molecule has 0 fully saturated rings. The lowest BCUT2D eigenvalue weighted by molar-refractivity contribution is -0.151. The molecule has 192 valence electrons. The number of carbonyl (C=O) groups is 2. The van der Waals surface area contributed by atoms with Crippen molar-refractivity contribution < 1.29 is 19.4 Å². The van der Waals surface area contributed by atoms with Gasteiger partial charge in [-0.15, -0.1) is 0 Å². The minimum absolute atomic E-state index is 0.0191. The van der Waals surface area contributed by atoms with Crippen LogP contribution in [-0.4, -0.2) is 35.2 Å². The first-order chi connectivity index (χ1) is 16.4. The molecule has 1 aliphatic heterocycles. The van der Waals surface area contributed by atoms with Gasteiger partial charge < -0.3 is 15.2 Å². The Morgan fingerprint density at radius 2 is 1.89 bits per heavy atom. The van der Waals surface area contributed by atoms with Gasteiger partial charge in [0.05, 0.1) is 12.1 Å². The predicted molar refractivity (Wildman–Crippen MR) is 142 cm³/mol. The van der Waals surface area contributed by atoms with Gasteiger partial charge in [-0.2, -0.15) is 0 Å². The van der Waals surface area contributed by atoms with Crippen LogP contribution >= 0.6 is 0 Å². The van der Waals surface area contributed by atoms with Gasteiger partial charge in [0, 0.05) is 30.8 Å². The normalized spacial score (nSPS) is 35.2. The SMILES string of the molecule is CC(=O)N[C@H](C)[C@@H](O)[C@@H](C)[C@@H]1OC(=O)C=C/C=C(C)/C=C/[C@]2(C)CCC=C[C@@H]2/C=C(C)/C=C/[C@H]1C. The largest absolute Gasteiger partial charge is 0.458 e. The summed E-state index contributed by atoms with van der Waals surface area (Å²) in [5.41, 5.74) is 2.21. The third-order valence-electron chi connectivity index (χ3n) is 7.15. The quantitative estimate of drug-likeness (QED) is 0.405. The number of ether oxygens (including phenoxy) is 1. The van der Waals surface area contributed by atoms with Crippen molar-refractivity contribution >= 4 is 11.9 Å². The van der Waals surface area contributed by atoms with E-state index in [1.807, 2.05) is 32.9 Å². The van der Waals surface area contributed by atoms with Crippen molar-refractivity contribution in [2.45, 2.75) is 79.6 Å². The second kappa shape index (κ2) is 12.9. The molecule has 0 saturated carbocycles. The Balaban J connectivity index is 2.43. The van der Waals surface area contributed by atoms with Gasteiger partial charge in [0.25, 0.3) is 0 Å². The Hall–Kier alpha value is -2.66. The third-order valence-corrected chi connectivity index (χ3v) is 7.15. The second-order valence-corrected chi connectivity index (χ2v) is 10.5. The Labute approximate surface area is 211 Å². The first-order valence-corrected chi connectivity index (χ1v) is 12.7. The summed E-state index contributed by atoms with van der Waals surface area (Å²) < 4.78 is 5.85. The highest BCUT2D eigenvalue weighted by molar-refractivity contribution is 5.82. The number of rotatable bonds is 4. The highest BCUT2D eigenvalue weighted by Gasteiger charge is 2.34. The van der Waals surface area contributed by atoms with Crippen molar-refractivity contribution in [3.05, 3.63) is 71.9 Å². The maximum atomic E-state index is 12.7. The monoisotopic (exact) mass is 481 g/mol. The predicted octanol–water partition coefficient (Wildman–Crippen LogP) is 5.60.